The summed E-state index contributed by atoms with van der Waals surface area (Å²) in [5.41, 5.74) is -0.848. The van der Waals surface area contributed by atoms with Gasteiger partial charge < -0.3 is 53.6 Å². The largest absolute Gasteiger partial charge is 0.497 e. The minimum absolute atomic E-state index is 0.00409. The van der Waals surface area contributed by atoms with Crippen molar-refractivity contribution >= 4 is 17.7 Å². The van der Waals surface area contributed by atoms with Crippen LogP contribution in [0.4, 0.5) is 0 Å². The first-order valence-corrected chi connectivity index (χ1v) is 22.5. The topological polar surface area (TPSA) is 197 Å². The summed E-state index contributed by atoms with van der Waals surface area (Å²) in [5.74, 6) is -0.837. The van der Waals surface area contributed by atoms with Gasteiger partial charge in [-0.3, -0.25) is 9.59 Å². The molecule has 1 aromatic rings. The number of aliphatic hydroxyl groups is 4. The number of aliphatic hydroxyl groups excluding tert-OH is 3. The number of esters is 2. The fourth-order valence-corrected chi connectivity index (χ4v) is 12.1. The Kier molecular flexibility index (Phi) is 13.8. The maximum absolute atomic E-state index is 14.1. The Hall–Kier alpha value is -2.95. The van der Waals surface area contributed by atoms with Gasteiger partial charge in [0.15, 0.2) is 24.8 Å². The number of ketones is 1. The van der Waals surface area contributed by atoms with Crippen molar-refractivity contribution in [2.75, 3.05) is 20.3 Å². The van der Waals surface area contributed by atoms with E-state index >= 15 is 0 Å². The van der Waals surface area contributed by atoms with Crippen LogP contribution in [0.5, 0.6) is 5.75 Å². The number of ether oxygens (including phenoxy) is 7. The first-order valence-electron chi connectivity index (χ1n) is 22.5. The smallest absolute Gasteiger partial charge is 0.338 e. The molecule has 6 aliphatic rings. The molecule has 340 valence electrons. The van der Waals surface area contributed by atoms with Gasteiger partial charge in [-0.15, -0.1) is 0 Å². The molecule has 4 aliphatic carbocycles. The van der Waals surface area contributed by atoms with Crippen molar-refractivity contribution < 1.29 is 68.0 Å². The van der Waals surface area contributed by atoms with Crippen LogP contribution in [0.3, 0.4) is 0 Å². The van der Waals surface area contributed by atoms with Gasteiger partial charge in [-0.1, -0.05) is 46.3 Å². The highest BCUT2D eigenvalue weighted by Gasteiger charge is 2.70. The predicted octanol–water partition coefficient (Wildman–Crippen LogP) is 5.05. The molecular formula is C47H68O14. The summed E-state index contributed by atoms with van der Waals surface area (Å²) < 4.78 is 42.2. The van der Waals surface area contributed by atoms with Gasteiger partial charge >= 0.3 is 11.9 Å². The molecule has 0 aromatic heterocycles. The predicted molar refractivity (Wildman–Crippen MR) is 220 cm³/mol. The van der Waals surface area contributed by atoms with Gasteiger partial charge in [0, 0.05) is 31.1 Å². The molecule has 5 fully saturated rings. The Labute approximate surface area is 359 Å². The summed E-state index contributed by atoms with van der Waals surface area (Å²) in [4.78, 5) is 40.2. The van der Waals surface area contributed by atoms with Crippen LogP contribution in [-0.2, 0) is 38.0 Å². The van der Waals surface area contributed by atoms with Crippen LogP contribution in [-0.4, -0.2) is 119 Å². The quantitative estimate of drug-likeness (QED) is 0.152. The highest BCUT2D eigenvalue weighted by atomic mass is 16.7. The van der Waals surface area contributed by atoms with Crippen LogP contribution in [0.15, 0.2) is 35.9 Å². The molecule has 3 saturated carbocycles. The van der Waals surface area contributed by atoms with E-state index in [0.29, 0.717) is 49.7 Å². The first-order chi connectivity index (χ1) is 28.9. The monoisotopic (exact) mass is 856 g/mol. The summed E-state index contributed by atoms with van der Waals surface area (Å²) in [6.45, 7) is 11.5. The first kappa shape index (κ1) is 46.1. The molecule has 0 bridgehead atoms. The van der Waals surface area contributed by atoms with Crippen molar-refractivity contribution in [2.24, 2.45) is 40.4 Å². The van der Waals surface area contributed by atoms with E-state index in [0.717, 1.165) is 25.7 Å². The maximum Gasteiger partial charge on any atom is 0.338 e. The van der Waals surface area contributed by atoms with Gasteiger partial charge in [-0.2, -0.15) is 0 Å². The molecule has 0 radical (unpaired) electrons. The average molecular weight is 857 g/mol. The molecule has 14 nitrogen and oxygen atoms in total. The second-order valence-electron chi connectivity index (χ2n) is 19.6. The Morgan fingerprint density at radius 1 is 0.902 bits per heavy atom. The molecule has 7 rings (SSSR count). The van der Waals surface area contributed by atoms with Crippen LogP contribution in [0.2, 0.25) is 0 Å². The lowest BCUT2D eigenvalue weighted by atomic mass is 9.46. The summed E-state index contributed by atoms with van der Waals surface area (Å²) in [6.07, 6.45) is -1.64. The van der Waals surface area contributed by atoms with Crippen LogP contribution in [0.25, 0.3) is 0 Å². The number of rotatable bonds is 13. The molecule has 4 N–H and O–H groups in total. The summed E-state index contributed by atoms with van der Waals surface area (Å²) in [5, 5.41) is 45.6. The molecule has 0 amide bonds. The Morgan fingerprint density at radius 2 is 1.62 bits per heavy atom. The molecule has 1 aromatic carbocycles. The lowest BCUT2D eigenvalue weighted by molar-refractivity contribution is -0.329. The minimum Gasteiger partial charge on any atom is -0.497 e. The van der Waals surface area contributed by atoms with E-state index in [1.54, 1.807) is 12.1 Å². The fourth-order valence-electron chi connectivity index (χ4n) is 12.1. The molecule has 14 heteroatoms. The number of carbonyl (C=O) groups excluding carboxylic acids is 3. The van der Waals surface area contributed by atoms with E-state index in [4.69, 9.17) is 33.2 Å². The van der Waals surface area contributed by atoms with E-state index in [1.807, 2.05) is 6.92 Å². The van der Waals surface area contributed by atoms with Crippen molar-refractivity contribution in [2.45, 2.75) is 167 Å². The van der Waals surface area contributed by atoms with Crippen LogP contribution >= 0.6 is 0 Å². The zero-order valence-corrected chi connectivity index (χ0v) is 36.8. The van der Waals surface area contributed by atoms with Gasteiger partial charge in [0.05, 0.1) is 38.1 Å². The third-order valence-electron chi connectivity index (χ3n) is 15.7. The number of hydrogen-bond donors (Lipinski definition) is 4. The number of Topliss-reactive ketones (excluding diaryl/α,β-unsaturated/α-hetero) is 1. The average Bonchev–Trinajstić information content (AvgIpc) is 3.46. The van der Waals surface area contributed by atoms with Gasteiger partial charge in [0.2, 0.25) is 0 Å². The van der Waals surface area contributed by atoms with Gasteiger partial charge in [0.1, 0.15) is 35.4 Å². The number of carbonyl (C=O) groups is 3. The maximum atomic E-state index is 14.1. The second kappa shape index (κ2) is 18.3. The van der Waals surface area contributed by atoms with E-state index in [9.17, 15) is 34.8 Å². The molecule has 16 atom stereocenters. The van der Waals surface area contributed by atoms with Gasteiger partial charge in [-0.25, -0.2) is 4.79 Å². The number of methoxy groups -OCH3 is 1. The molecule has 0 spiro atoms. The molecule has 2 heterocycles. The highest BCUT2D eigenvalue weighted by Crippen LogP contribution is 2.69. The number of benzene rings is 1. The van der Waals surface area contributed by atoms with Crippen LogP contribution in [0, 0.1) is 40.4 Å². The number of hydrogen-bond acceptors (Lipinski definition) is 14. The fraction of sp³-hybridized carbons (Fsp3) is 0.766. The summed E-state index contributed by atoms with van der Waals surface area (Å²) in [7, 11) is 1.50. The number of allylic oxidation sites excluding steroid dienone is 1. The van der Waals surface area contributed by atoms with Gasteiger partial charge in [0.25, 0.3) is 0 Å². The van der Waals surface area contributed by atoms with E-state index < -0.39 is 78.1 Å². The highest BCUT2D eigenvalue weighted by molar-refractivity contribution is 5.89. The van der Waals surface area contributed by atoms with Crippen molar-refractivity contribution in [1.29, 1.82) is 0 Å². The second-order valence-corrected chi connectivity index (χ2v) is 19.6. The zero-order valence-electron chi connectivity index (χ0n) is 36.8. The van der Waals surface area contributed by atoms with E-state index in [-0.39, 0.29) is 54.3 Å². The lowest BCUT2D eigenvalue weighted by Gasteiger charge is -2.59. The normalized spacial score (nSPS) is 41.4. The van der Waals surface area contributed by atoms with Crippen molar-refractivity contribution in [3.63, 3.8) is 0 Å². The Balaban J connectivity index is 1.16. The molecular weight excluding hydrogens is 789 g/mol. The van der Waals surface area contributed by atoms with Crippen LogP contribution in [0.1, 0.15) is 116 Å². The lowest BCUT2D eigenvalue weighted by Crippen LogP contribution is -2.62. The van der Waals surface area contributed by atoms with E-state index in [1.165, 1.54) is 31.7 Å². The molecule has 2 saturated heterocycles. The van der Waals surface area contributed by atoms with Crippen LogP contribution < -0.4 is 4.74 Å². The van der Waals surface area contributed by atoms with Crippen molar-refractivity contribution in [1.82, 2.24) is 0 Å². The SMILES string of the molecule is COc1ccc(C(=O)OC2C(OC3CCOC(OC4CC5C6CC=C7CC(O)CCC7(C)C6CCC5(C)C4(O)C(C)C(=O)CCC(C)C)C3OC(C)=O)OCC(O)C2O)cc1. The zero-order chi connectivity index (χ0) is 44.0. The molecule has 2 aliphatic heterocycles. The molecule has 16 unspecified atom stereocenters. The Bertz CT molecular complexity index is 1760. The van der Waals surface area contributed by atoms with Gasteiger partial charge in [-0.05, 0) is 105 Å². The third kappa shape index (κ3) is 8.69. The molecule has 61 heavy (non-hydrogen) atoms. The summed E-state index contributed by atoms with van der Waals surface area (Å²) in [6, 6.07) is 6.19. The Morgan fingerprint density at radius 3 is 2.31 bits per heavy atom. The number of fused-ring (bicyclic) bond motifs is 5. The third-order valence-corrected chi connectivity index (χ3v) is 15.7. The minimum atomic E-state index is -1.60. The standard InChI is InChI=1S/C47H68O14/c1-25(2)8-15-35(50)26(3)47(54)38(23-34-32-14-11-29-22-30(49)16-19-45(29,5)33(32)17-20-46(34,47)6)60-43-40(58-27(4)48)37(18-21-56-43)59-44-41(39(52)36(51)24-57-44)61-42(53)28-9-12-31(55-7)13-10-28/h9-13,25-26,30,32-34,36-41,43-44,49,51-52,54H,8,14-24H2,1-7H3. The van der Waals surface area contributed by atoms with Crippen molar-refractivity contribution in [3.05, 3.63) is 41.5 Å². The summed E-state index contributed by atoms with van der Waals surface area (Å²) >= 11 is 0. The van der Waals surface area contributed by atoms with Crippen molar-refractivity contribution in [3.8, 4) is 5.75 Å². The van der Waals surface area contributed by atoms with E-state index in [2.05, 4.69) is 33.8 Å².